The average Bonchev–Trinajstić information content (AvgIpc) is 2.75. The Kier molecular flexibility index (Phi) is 2.39. The lowest BCUT2D eigenvalue weighted by Crippen LogP contribution is -2.45. The first-order valence-electron chi connectivity index (χ1n) is 5.52. The van der Waals surface area contributed by atoms with Crippen molar-refractivity contribution in [2.75, 3.05) is 6.54 Å². The molecule has 3 rings (SSSR count). The Bertz CT molecular complexity index is 468. The Hall–Kier alpha value is -1.54. The molecule has 98 valence electrons. The predicted octanol–water partition coefficient (Wildman–Crippen LogP) is -0.140. The Morgan fingerprint density at radius 1 is 1.50 bits per heavy atom. The summed E-state index contributed by atoms with van der Waals surface area (Å²) >= 11 is 0. The van der Waals surface area contributed by atoms with Gasteiger partial charge in [0.15, 0.2) is 0 Å². The number of hydrogen-bond donors (Lipinski definition) is 4. The van der Waals surface area contributed by atoms with Crippen LogP contribution in [0.1, 0.15) is 6.42 Å². The fourth-order valence-corrected chi connectivity index (χ4v) is 2.30. The van der Waals surface area contributed by atoms with E-state index in [2.05, 4.69) is 10.9 Å². The molecule has 1 aliphatic heterocycles. The number of amides is 1. The maximum Gasteiger partial charge on any atom is 0.402 e. The van der Waals surface area contributed by atoms with Crippen LogP contribution >= 0.6 is 0 Å². The van der Waals surface area contributed by atoms with Gasteiger partial charge in [0.25, 0.3) is 5.91 Å². The van der Waals surface area contributed by atoms with Gasteiger partial charge < -0.3 is 5.43 Å². The number of fused-ring (bicyclic) bond motifs is 3. The molecule has 0 aromatic heterocycles. The van der Waals surface area contributed by atoms with E-state index in [1.54, 1.807) is 0 Å². The molecular formula is C10H11F3N4O. The van der Waals surface area contributed by atoms with Gasteiger partial charge in [0, 0.05) is 11.5 Å². The number of carbonyl (C=O) groups is 1. The normalized spacial score (nSPS) is 28.5. The van der Waals surface area contributed by atoms with Crippen molar-refractivity contribution in [2.45, 2.75) is 18.6 Å². The van der Waals surface area contributed by atoms with Crippen LogP contribution in [0, 0.1) is 5.92 Å². The Morgan fingerprint density at radius 2 is 2.28 bits per heavy atom. The molecule has 2 aliphatic carbocycles. The van der Waals surface area contributed by atoms with Gasteiger partial charge in [-0.1, -0.05) is 11.6 Å². The average molecular weight is 260 g/mol. The quantitative estimate of drug-likeness (QED) is 0.533. The third kappa shape index (κ3) is 1.97. The first-order chi connectivity index (χ1) is 8.46. The zero-order chi connectivity index (χ0) is 12.9. The molecule has 0 radical (unpaired) electrons. The molecule has 5 nitrogen and oxygen atoms in total. The fraction of sp³-hybridized carbons (Fsp3) is 0.500. The predicted molar refractivity (Wildman–Crippen MR) is 55.5 cm³/mol. The molecule has 0 aromatic rings. The summed E-state index contributed by atoms with van der Waals surface area (Å²) < 4.78 is 35.7. The van der Waals surface area contributed by atoms with Crippen LogP contribution in [-0.4, -0.2) is 24.7 Å². The molecule has 2 atom stereocenters. The molecule has 3 aliphatic rings. The van der Waals surface area contributed by atoms with Crippen molar-refractivity contribution >= 4 is 5.91 Å². The lowest BCUT2D eigenvalue weighted by atomic mass is 10.1. The van der Waals surface area contributed by atoms with Crippen LogP contribution in [0.25, 0.3) is 0 Å². The minimum absolute atomic E-state index is 0.0865. The largest absolute Gasteiger partial charge is 0.402 e. The molecule has 0 bridgehead atoms. The fourth-order valence-electron chi connectivity index (χ4n) is 2.30. The number of hydrogen-bond acceptors (Lipinski definition) is 4. The van der Waals surface area contributed by atoms with E-state index in [4.69, 9.17) is 0 Å². The van der Waals surface area contributed by atoms with Crippen molar-refractivity contribution in [1.82, 2.24) is 21.7 Å². The van der Waals surface area contributed by atoms with Gasteiger partial charge in [-0.2, -0.15) is 13.2 Å². The van der Waals surface area contributed by atoms with Crippen LogP contribution in [0.15, 0.2) is 22.9 Å². The Morgan fingerprint density at radius 3 is 3.00 bits per heavy atom. The van der Waals surface area contributed by atoms with Gasteiger partial charge in [-0.3, -0.25) is 10.2 Å². The van der Waals surface area contributed by atoms with E-state index in [0.29, 0.717) is 5.92 Å². The molecule has 1 heterocycles. The van der Waals surface area contributed by atoms with E-state index in [1.807, 2.05) is 16.9 Å². The maximum atomic E-state index is 11.9. The molecule has 1 amide bonds. The molecule has 0 saturated heterocycles. The van der Waals surface area contributed by atoms with Crippen molar-refractivity contribution in [3.63, 3.8) is 0 Å². The maximum absolute atomic E-state index is 11.9. The summed E-state index contributed by atoms with van der Waals surface area (Å²) in [5.74, 6) is -0.150. The summed E-state index contributed by atoms with van der Waals surface area (Å²) in [6, 6.07) is 0.0865. The number of hydrazine groups is 2. The third-order valence-corrected chi connectivity index (χ3v) is 3.21. The highest BCUT2D eigenvalue weighted by Gasteiger charge is 2.48. The smallest absolute Gasteiger partial charge is 0.316 e. The molecule has 4 N–H and O–H groups in total. The van der Waals surface area contributed by atoms with Gasteiger partial charge in [-0.25, -0.2) is 10.9 Å². The van der Waals surface area contributed by atoms with Crippen LogP contribution in [0.4, 0.5) is 13.2 Å². The van der Waals surface area contributed by atoms with Gasteiger partial charge in [0.1, 0.15) is 12.2 Å². The second kappa shape index (κ2) is 3.72. The second-order valence-corrected chi connectivity index (χ2v) is 4.53. The minimum Gasteiger partial charge on any atom is -0.316 e. The summed E-state index contributed by atoms with van der Waals surface area (Å²) in [4.78, 5) is 11.7. The van der Waals surface area contributed by atoms with Crippen LogP contribution in [0.3, 0.4) is 0 Å². The van der Waals surface area contributed by atoms with E-state index in [9.17, 15) is 18.0 Å². The zero-order valence-electron chi connectivity index (χ0n) is 9.19. The van der Waals surface area contributed by atoms with Gasteiger partial charge >= 0.3 is 6.18 Å². The highest BCUT2D eigenvalue weighted by atomic mass is 19.4. The van der Waals surface area contributed by atoms with E-state index < -0.39 is 18.6 Å². The first kappa shape index (κ1) is 11.5. The summed E-state index contributed by atoms with van der Waals surface area (Å²) in [6.45, 7) is -1.26. The standard InChI is InChI=1S/C10H11F3N4O/c11-10(12,13)3-14-17-9(18)8-6-2-4-1-5(4)7(6)15-16-8/h2,5,7,14-16H,1,3H2,(H,17,18). The number of alkyl halides is 3. The summed E-state index contributed by atoms with van der Waals surface area (Å²) in [5.41, 5.74) is 12.0. The van der Waals surface area contributed by atoms with Gasteiger partial charge in [-0.15, -0.1) is 0 Å². The molecule has 1 saturated carbocycles. The lowest BCUT2D eigenvalue weighted by molar-refractivity contribution is -0.131. The molecule has 1 fully saturated rings. The van der Waals surface area contributed by atoms with Crippen LogP contribution in [0.2, 0.25) is 0 Å². The minimum atomic E-state index is -4.36. The van der Waals surface area contributed by atoms with Crippen molar-refractivity contribution in [2.24, 2.45) is 5.92 Å². The zero-order valence-corrected chi connectivity index (χ0v) is 9.19. The van der Waals surface area contributed by atoms with Crippen LogP contribution in [-0.2, 0) is 4.79 Å². The number of rotatable bonds is 3. The first-order valence-corrected chi connectivity index (χ1v) is 5.52. The van der Waals surface area contributed by atoms with E-state index in [1.165, 1.54) is 5.57 Å². The number of nitrogens with one attached hydrogen (secondary N) is 4. The van der Waals surface area contributed by atoms with Gasteiger partial charge in [0.2, 0.25) is 0 Å². The summed E-state index contributed by atoms with van der Waals surface area (Å²) in [5, 5.41) is 0. The van der Waals surface area contributed by atoms with Crippen LogP contribution in [0.5, 0.6) is 0 Å². The van der Waals surface area contributed by atoms with Crippen molar-refractivity contribution in [1.29, 1.82) is 0 Å². The molecular weight excluding hydrogens is 249 g/mol. The SMILES string of the molecule is O=C(NNCC(F)(F)F)C1=C2C=C3CC3C2NN1. The van der Waals surface area contributed by atoms with Crippen molar-refractivity contribution in [3.8, 4) is 0 Å². The van der Waals surface area contributed by atoms with Crippen molar-refractivity contribution < 1.29 is 18.0 Å². The molecule has 0 spiro atoms. The monoisotopic (exact) mass is 260 g/mol. The van der Waals surface area contributed by atoms with E-state index in [0.717, 1.165) is 12.0 Å². The highest BCUT2D eigenvalue weighted by molar-refractivity contribution is 5.95. The molecule has 2 unspecified atom stereocenters. The van der Waals surface area contributed by atoms with Gasteiger partial charge in [0.05, 0.1) is 6.04 Å². The molecule has 18 heavy (non-hydrogen) atoms. The number of halogens is 3. The Balaban J connectivity index is 1.60. The van der Waals surface area contributed by atoms with Crippen molar-refractivity contribution in [3.05, 3.63) is 22.9 Å². The van der Waals surface area contributed by atoms with Crippen LogP contribution < -0.4 is 21.7 Å². The lowest BCUT2D eigenvalue weighted by Gasteiger charge is -2.10. The molecule has 0 aromatic carbocycles. The Labute approximate surface area is 100 Å². The summed E-state index contributed by atoms with van der Waals surface area (Å²) in [6.07, 6.45) is -1.39. The van der Waals surface area contributed by atoms with Gasteiger partial charge in [-0.05, 0) is 6.42 Å². The second-order valence-electron chi connectivity index (χ2n) is 4.53. The van der Waals surface area contributed by atoms with E-state index in [-0.39, 0.29) is 11.7 Å². The van der Waals surface area contributed by atoms with E-state index >= 15 is 0 Å². The topological polar surface area (TPSA) is 65.2 Å². The highest BCUT2D eigenvalue weighted by Crippen LogP contribution is 2.50. The third-order valence-electron chi connectivity index (χ3n) is 3.21. The number of carbonyl (C=O) groups excluding carboxylic acids is 1. The summed E-state index contributed by atoms with van der Waals surface area (Å²) in [7, 11) is 0. The molecule has 8 heteroatoms.